The number of hydrogen-bond donors (Lipinski definition) is 1. The van der Waals surface area contributed by atoms with Crippen molar-refractivity contribution in [1.82, 2.24) is 0 Å². The number of aliphatic hydroxyl groups is 1. The lowest BCUT2D eigenvalue weighted by Gasteiger charge is -2.51. The second-order valence-corrected chi connectivity index (χ2v) is 8.34. The topological polar surface area (TPSA) is 84.8 Å². The van der Waals surface area contributed by atoms with E-state index in [1.807, 2.05) is 0 Å². The van der Waals surface area contributed by atoms with Crippen LogP contribution in [0.2, 0.25) is 0 Å². The maximum atomic E-state index is 11.6. The summed E-state index contributed by atoms with van der Waals surface area (Å²) in [4.78, 5) is 0. The molecular formula is C30H48O8. The van der Waals surface area contributed by atoms with E-state index in [-0.39, 0.29) is 0 Å². The smallest absolute Gasteiger partial charge is 0.460 e. The maximum absolute atomic E-state index is 11.6. The second-order valence-electron chi connectivity index (χ2n) is 8.34. The van der Waals surface area contributed by atoms with Crippen molar-refractivity contribution in [2.45, 2.75) is 101 Å². The van der Waals surface area contributed by atoms with E-state index in [1.54, 1.807) is 0 Å². The van der Waals surface area contributed by atoms with Crippen LogP contribution in [0.15, 0.2) is 89.9 Å². The van der Waals surface area contributed by atoms with Gasteiger partial charge in [-0.05, 0) is 12.8 Å². The highest BCUT2D eigenvalue weighted by Crippen LogP contribution is 2.48. The minimum absolute atomic E-state index is 0.352. The fraction of sp³-hybridized carbons (Fsp3) is 0.533. The van der Waals surface area contributed by atoms with E-state index >= 15 is 0 Å². The Bertz CT molecular complexity index is 687. The Morgan fingerprint density at radius 1 is 0.553 bits per heavy atom. The van der Waals surface area contributed by atoms with Crippen molar-refractivity contribution in [2.75, 3.05) is 0 Å². The van der Waals surface area contributed by atoms with Crippen LogP contribution in [0.1, 0.15) is 77.6 Å². The molecule has 0 aromatic heterocycles. The molecule has 1 N–H and O–H groups in total. The van der Waals surface area contributed by atoms with Gasteiger partial charge in [0.05, 0.1) is 43.8 Å². The molecule has 0 fully saturated rings. The van der Waals surface area contributed by atoms with Crippen molar-refractivity contribution < 1.29 is 38.3 Å². The summed E-state index contributed by atoms with van der Waals surface area (Å²) in [5, 5.41) is 11.6. The number of hydrogen-bond acceptors (Lipinski definition) is 8. The van der Waals surface area contributed by atoms with Crippen molar-refractivity contribution in [3.8, 4) is 0 Å². The van der Waals surface area contributed by atoms with Gasteiger partial charge in [-0.15, -0.1) is 0 Å². The van der Waals surface area contributed by atoms with Crippen LogP contribution in [0.4, 0.5) is 0 Å². The van der Waals surface area contributed by atoms with Crippen molar-refractivity contribution in [3.63, 3.8) is 0 Å². The molecule has 0 rings (SSSR count). The van der Waals surface area contributed by atoms with Crippen molar-refractivity contribution in [2.24, 2.45) is 0 Å². The average molecular weight is 537 g/mol. The third kappa shape index (κ3) is 9.24. The first kappa shape index (κ1) is 34.7. The number of rotatable bonds is 28. The quantitative estimate of drug-likeness (QED) is 0.0615. The molecule has 38 heavy (non-hydrogen) atoms. The zero-order chi connectivity index (χ0) is 28.8. The number of unbranched alkanes of at least 4 members (excludes halogenated alkanes) is 9. The zero-order valence-electron chi connectivity index (χ0n) is 23.2. The minimum Gasteiger partial charge on any atom is -0.490 e. The lowest BCUT2D eigenvalue weighted by atomic mass is 9.91. The summed E-state index contributed by atoms with van der Waals surface area (Å²) in [5.74, 6) is -7.56. The molecule has 1 atom stereocenters. The molecule has 0 heterocycles. The monoisotopic (exact) mass is 536 g/mol. The third-order valence-electron chi connectivity index (χ3n) is 5.88. The molecule has 0 amide bonds. The Labute approximate surface area is 229 Å². The van der Waals surface area contributed by atoms with Gasteiger partial charge >= 0.3 is 17.5 Å². The summed E-state index contributed by atoms with van der Waals surface area (Å²) in [6, 6.07) is 0. The molecule has 0 aromatic rings. The standard InChI is InChI=1S/C30H48O8/c1-9-17-18-19-20-21-22-23-24-25-26-27(32-10-2)28(33-11-3,34-12-4)29(35-13-5,36-14-6)30(31,37-15-7)38-16-8/h10-16,27,31H,2-9,17-26H2,1H3. The van der Waals surface area contributed by atoms with Crippen LogP contribution in [0, 0.1) is 0 Å². The van der Waals surface area contributed by atoms with Gasteiger partial charge in [0.2, 0.25) is 0 Å². The van der Waals surface area contributed by atoms with Crippen LogP contribution in [0.5, 0.6) is 0 Å². The summed E-state index contributed by atoms with van der Waals surface area (Å²) >= 11 is 0. The van der Waals surface area contributed by atoms with E-state index in [2.05, 4.69) is 53.0 Å². The molecule has 0 aliphatic carbocycles. The van der Waals surface area contributed by atoms with Gasteiger partial charge in [0.1, 0.15) is 0 Å². The molecule has 0 spiro atoms. The average Bonchev–Trinajstić information content (AvgIpc) is 2.89. The first-order chi connectivity index (χ1) is 18.4. The maximum Gasteiger partial charge on any atom is 0.460 e. The molecule has 0 saturated heterocycles. The first-order valence-electron chi connectivity index (χ1n) is 13.1. The largest absolute Gasteiger partial charge is 0.490 e. The van der Waals surface area contributed by atoms with Crippen molar-refractivity contribution in [3.05, 3.63) is 89.9 Å². The Morgan fingerprint density at radius 3 is 1.32 bits per heavy atom. The summed E-state index contributed by atoms with van der Waals surface area (Å²) in [6.45, 7) is 27.4. The van der Waals surface area contributed by atoms with Crippen LogP contribution < -0.4 is 0 Å². The van der Waals surface area contributed by atoms with Crippen LogP contribution in [0.25, 0.3) is 0 Å². The van der Waals surface area contributed by atoms with Crippen LogP contribution >= 0.6 is 0 Å². The van der Waals surface area contributed by atoms with Gasteiger partial charge in [-0.1, -0.05) is 111 Å². The predicted octanol–water partition coefficient (Wildman–Crippen LogP) is 7.83. The fourth-order valence-corrected chi connectivity index (χ4v) is 4.28. The molecule has 0 aliphatic heterocycles. The normalized spacial score (nSPS) is 12.2. The summed E-state index contributed by atoms with van der Waals surface area (Å²) in [5.41, 5.74) is 0. The van der Waals surface area contributed by atoms with Crippen LogP contribution in [-0.2, 0) is 33.2 Å². The van der Waals surface area contributed by atoms with Gasteiger partial charge in [-0.2, -0.15) is 0 Å². The highest BCUT2D eigenvalue weighted by atomic mass is 16.9. The van der Waals surface area contributed by atoms with Gasteiger partial charge in [-0.25, -0.2) is 0 Å². The van der Waals surface area contributed by atoms with Crippen LogP contribution in [-0.4, -0.2) is 28.8 Å². The minimum atomic E-state index is -2.81. The first-order valence-corrected chi connectivity index (χ1v) is 13.1. The van der Waals surface area contributed by atoms with E-state index in [4.69, 9.17) is 33.2 Å². The highest BCUT2D eigenvalue weighted by molar-refractivity contribution is 5.06. The second kappa shape index (κ2) is 19.8. The lowest BCUT2D eigenvalue weighted by molar-refractivity contribution is -0.515. The Morgan fingerprint density at radius 2 is 0.947 bits per heavy atom. The van der Waals surface area contributed by atoms with Gasteiger partial charge in [0, 0.05) is 0 Å². The summed E-state index contributed by atoms with van der Waals surface area (Å²) in [7, 11) is 0. The highest BCUT2D eigenvalue weighted by Gasteiger charge is 2.80. The van der Waals surface area contributed by atoms with E-state index in [0.29, 0.717) is 12.8 Å². The van der Waals surface area contributed by atoms with E-state index in [9.17, 15) is 5.11 Å². The summed E-state index contributed by atoms with van der Waals surface area (Å²) in [6.07, 6.45) is 17.8. The third-order valence-corrected chi connectivity index (χ3v) is 5.88. The van der Waals surface area contributed by atoms with Gasteiger partial charge in [-0.3, -0.25) is 0 Å². The predicted molar refractivity (Wildman–Crippen MR) is 150 cm³/mol. The molecule has 8 nitrogen and oxygen atoms in total. The molecule has 0 bridgehead atoms. The molecular weight excluding hydrogens is 488 g/mol. The molecule has 8 heteroatoms. The molecule has 1 unspecified atom stereocenters. The zero-order valence-corrected chi connectivity index (χ0v) is 23.2. The van der Waals surface area contributed by atoms with Gasteiger partial charge < -0.3 is 38.3 Å². The van der Waals surface area contributed by atoms with E-state index in [1.165, 1.54) is 44.8 Å². The Hall–Kier alpha value is -3.26. The van der Waals surface area contributed by atoms with Crippen molar-refractivity contribution >= 4 is 0 Å². The molecule has 0 saturated carbocycles. The molecule has 216 valence electrons. The molecule has 0 radical (unpaired) electrons. The fourth-order valence-electron chi connectivity index (χ4n) is 4.28. The summed E-state index contributed by atoms with van der Waals surface area (Å²) < 4.78 is 39.9. The van der Waals surface area contributed by atoms with Crippen molar-refractivity contribution in [1.29, 1.82) is 0 Å². The Balaban J connectivity index is 6.23. The lowest BCUT2D eigenvalue weighted by Crippen LogP contribution is -2.75. The van der Waals surface area contributed by atoms with Crippen LogP contribution in [0.3, 0.4) is 0 Å². The van der Waals surface area contributed by atoms with Gasteiger partial charge in [0.15, 0.2) is 6.10 Å². The number of ether oxygens (including phenoxy) is 7. The Kier molecular flexibility index (Phi) is 18.1. The van der Waals surface area contributed by atoms with Gasteiger partial charge in [0.25, 0.3) is 0 Å². The van der Waals surface area contributed by atoms with E-state index < -0.39 is 23.7 Å². The SMILES string of the molecule is C=COC(CCCCCCCCCCCC)C(OC=C)(OC=C)C(OC=C)(OC=C)C(O)(OC=C)OC=C. The van der Waals surface area contributed by atoms with E-state index in [0.717, 1.165) is 56.8 Å². The molecule has 0 aromatic carbocycles. The molecule has 0 aliphatic rings.